The number of benzene rings is 1. The van der Waals surface area contributed by atoms with E-state index in [1.807, 2.05) is 29.1 Å². The lowest BCUT2D eigenvalue weighted by atomic mass is 10.1. The van der Waals surface area contributed by atoms with E-state index in [4.69, 9.17) is 4.74 Å². The topological polar surface area (TPSA) is 57.0 Å². The van der Waals surface area contributed by atoms with E-state index in [1.54, 1.807) is 17.4 Å². The van der Waals surface area contributed by atoms with Crippen molar-refractivity contribution in [2.24, 2.45) is 7.05 Å². The lowest BCUT2D eigenvalue weighted by molar-refractivity contribution is 0.102. The Morgan fingerprint density at radius 1 is 1.36 bits per heavy atom. The summed E-state index contributed by atoms with van der Waals surface area (Å²) in [6.07, 6.45) is 0.708. The summed E-state index contributed by atoms with van der Waals surface area (Å²) in [5, 5.41) is 11.0. The quantitative estimate of drug-likeness (QED) is 0.465. The molecule has 25 heavy (non-hydrogen) atoms. The van der Waals surface area contributed by atoms with Crippen LogP contribution in [0.3, 0.4) is 0 Å². The highest BCUT2D eigenvalue weighted by Crippen LogP contribution is 2.22. The third-order valence-electron chi connectivity index (χ3n) is 3.64. The van der Waals surface area contributed by atoms with Crippen LogP contribution in [0.5, 0.6) is 5.75 Å². The van der Waals surface area contributed by atoms with Crippen LogP contribution in [0.25, 0.3) is 0 Å². The average molecular weight is 377 g/mol. The van der Waals surface area contributed by atoms with Gasteiger partial charge in [-0.15, -0.1) is 21.5 Å². The maximum atomic E-state index is 13.7. The van der Waals surface area contributed by atoms with Crippen LogP contribution in [0.2, 0.25) is 0 Å². The predicted octanol–water partition coefficient (Wildman–Crippen LogP) is 3.59. The molecule has 0 saturated heterocycles. The monoisotopic (exact) mass is 377 g/mol. The SMILES string of the molecule is COc1ccc(C(=O)CSc2nnc(Cc3cccs3)n2C)cc1F. The van der Waals surface area contributed by atoms with Crippen LogP contribution in [0, 0.1) is 5.82 Å². The highest BCUT2D eigenvalue weighted by Gasteiger charge is 2.14. The van der Waals surface area contributed by atoms with Gasteiger partial charge in [-0.05, 0) is 29.6 Å². The number of halogens is 1. The van der Waals surface area contributed by atoms with Gasteiger partial charge in [-0.25, -0.2) is 4.39 Å². The van der Waals surface area contributed by atoms with E-state index in [9.17, 15) is 9.18 Å². The van der Waals surface area contributed by atoms with Crippen molar-refractivity contribution < 1.29 is 13.9 Å². The van der Waals surface area contributed by atoms with Gasteiger partial charge >= 0.3 is 0 Å². The normalized spacial score (nSPS) is 10.8. The van der Waals surface area contributed by atoms with Crippen molar-refractivity contribution in [2.75, 3.05) is 12.9 Å². The highest BCUT2D eigenvalue weighted by molar-refractivity contribution is 7.99. The van der Waals surface area contributed by atoms with Crippen molar-refractivity contribution >= 4 is 28.9 Å². The molecule has 0 aliphatic rings. The Labute approximate surface area is 152 Å². The van der Waals surface area contributed by atoms with Crippen molar-refractivity contribution in [3.63, 3.8) is 0 Å². The van der Waals surface area contributed by atoms with Crippen molar-refractivity contribution in [3.8, 4) is 5.75 Å². The Balaban J connectivity index is 1.64. The van der Waals surface area contributed by atoms with Gasteiger partial charge in [-0.1, -0.05) is 17.8 Å². The van der Waals surface area contributed by atoms with Gasteiger partial charge in [0.15, 0.2) is 22.5 Å². The molecule has 0 radical (unpaired) electrons. The maximum absolute atomic E-state index is 13.7. The number of thiophene rings is 1. The molecule has 130 valence electrons. The van der Waals surface area contributed by atoms with E-state index in [0.29, 0.717) is 17.1 Å². The molecule has 0 spiro atoms. The number of ether oxygens (including phenoxy) is 1. The van der Waals surface area contributed by atoms with Gasteiger partial charge in [0.1, 0.15) is 5.82 Å². The Hall–Kier alpha value is -2.19. The van der Waals surface area contributed by atoms with Gasteiger partial charge in [0, 0.05) is 23.9 Å². The first kappa shape index (κ1) is 17.6. The summed E-state index contributed by atoms with van der Waals surface area (Å²) in [5.74, 6) is 0.407. The van der Waals surface area contributed by atoms with E-state index in [0.717, 1.165) is 5.82 Å². The van der Waals surface area contributed by atoms with Crippen LogP contribution in [-0.2, 0) is 13.5 Å². The molecule has 0 aliphatic carbocycles. The fourth-order valence-electron chi connectivity index (χ4n) is 2.25. The minimum atomic E-state index is -0.546. The van der Waals surface area contributed by atoms with Crippen LogP contribution >= 0.6 is 23.1 Å². The number of methoxy groups -OCH3 is 1. The van der Waals surface area contributed by atoms with Crippen LogP contribution in [-0.4, -0.2) is 33.4 Å². The largest absolute Gasteiger partial charge is 0.494 e. The van der Waals surface area contributed by atoms with Crippen molar-refractivity contribution in [2.45, 2.75) is 11.6 Å². The smallest absolute Gasteiger partial charge is 0.191 e. The number of carbonyl (C=O) groups is 1. The molecule has 0 bridgehead atoms. The number of rotatable bonds is 7. The van der Waals surface area contributed by atoms with Crippen LogP contribution in [0.1, 0.15) is 21.1 Å². The number of Topliss-reactive ketones (excluding diaryl/α,β-unsaturated/α-hetero) is 1. The molecule has 2 heterocycles. The molecule has 0 fully saturated rings. The first-order valence-corrected chi connectivity index (χ1v) is 9.35. The molecule has 0 aliphatic heterocycles. The van der Waals surface area contributed by atoms with Crippen molar-refractivity contribution in [1.82, 2.24) is 14.8 Å². The Morgan fingerprint density at radius 2 is 2.20 bits per heavy atom. The summed E-state index contributed by atoms with van der Waals surface area (Å²) in [6.45, 7) is 0. The highest BCUT2D eigenvalue weighted by atomic mass is 32.2. The van der Waals surface area contributed by atoms with Gasteiger partial charge in [0.05, 0.1) is 12.9 Å². The molecule has 0 amide bonds. The standard InChI is InChI=1S/C17H16FN3O2S2/c1-21-16(9-12-4-3-7-24-12)19-20-17(21)25-10-14(22)11-5-6-15(23-2)13(18)8-11/h3-8H,9-10H2,1-2H3. The molecule has 3 rings (SSSR count). The molecule has 0 saturated carbocycles. The molecule has 0 N–H and O–H groups in total. The van der Waals surface area contributed by atoms with Gasteiger partial charge in [-0.3, -0.25) is 4.79 Å². The molecule has 0 unspecified atom stereocenters. The number of thioether (sulfide) groups is 1. The molecule has 3 aromatic rings. The van der Waals surface area contributed by atoms with E-state index in [-0.39, 0.29) is 17.3 Å². The fourth-order valence-corrected chi connectivity index (χ4v) is 3.77. The molecule has 5 nitrogen and oxygen atoms in total. The minimum Gasteiger partial charge on any atom is -0.494 e. The number of hydrogen-bond donors (Lipinski definition) is 0. The zero-order valence-corrected chi connectivity index (χ0v) is 15.4. The van der Waals surface area contributed by atoms with Crippen molar-refractivity contribution in [3.05, 3.63) is 57.8 Å². The second kappa shape index (κ2) is 7.79. The lowest BCUT2D eigenvalue weighted by Gasteiger charge is -2.05. The second-order valence-electron chi connectivity index (χ2n) is 5.28. The van der Waals surface area contributed by atoms with Gasteiger partial charge in [0.2, 0.25) is 0 Å². The Kier molecular flexibility index (Phi) is 5.50. The molecule has 1 aromatic carbocycles. The number of aromatic nitrogens is 3. The van der Waals surface area contributed by atoms with E-state index in [1.165, 1.54) is 35.9 Å². The van der Waals surface area contributed by atoms with Gasteiger partial charge in [-0.2, -0.15) is 0 Å². The zero-order chi connectivity index (χ0) is 17.8. The molecular formula is C17H16FN3O2S2. The third-order valence-corrected chi connectivity index (χ3v) is 5.54. The number of hydrogen-bond acceptors (Lipinski definition) is 6. The van der Waals surface area contributed by atoms with Crippen LogP contribution in [0.4, 0.5) is 4.39 Å². The maximum Gasteiger partial charge on any atom is 0.191 e. The van der Waals surface area contributed by atoms with E-state index >= 15 is 0 Å². The summed E-state index contributed by atoms with van der Waals surface area (Å²) in [6, 6.07) is 8.26. The zero-order valence-electron chi connectivity index (χ0n) is 13.7. The Morgan fingerprint density at radius 3 is 2.88 bits per heavy atom. The van der Waals surface area contributed by atoms with Crippen molar-refractivity contribution in [1.29, 1.82) is 0 Å². The molecule has 8 heteroatoms. The Bertz CT molecular complexity index is 878. The van der Waals surface area contributed by atoms with Gasteiger partial charge < -0.3 is 9.30 Å². The number of nitrogens with zero attached hydrogens (tertiary/aromatic N) is 3. The molecular weight excluding hydrogens is 361 g/mol. The third kappa shape index (κ3) is 4.08. The summed E-state index contributed by atoms with van der Waals surface area (Å²) in [5.41, 5.74) is 0.312. The number of ketones is 1. The van der Waals surface area contributed by atoms with Gasteiger partial charge in [0.25, 0.3) is 0 Å². The summed E-state index contributed by atoms with van der Waals surface area (Å²) in [7, 11) is 3.26. The summed E-state index contributed by atoms with van der Waals surface area (Å²) < 4.78 is 20.5. The first-order valence-electron chi connectivity index (χ1n) is 7.48. The summed E-state index contributed by atoms with van der Waals surface area (Å²) >= 11 is 2.96. The van der Waals surface area contributed by atoms with Crippen LogP contribution < -0.4 is 4.74 Å². The summed E-state index contributed by atoms with van der Waals surface area (Å²) in [4.78, 5) is 13.5. The number of carbonyl (C=O) groups excluding carboxylic acids is 1. The molecule has 2 aromatic heterocycles. The minimum absolute atomic E-state index is 0.121. The van der Waals surface area contributed by atoms with E-state index < -0.39 is 5.82 Å². The second-order valence-corrected chi connectivity index (χ2v) is 7.25. The fraction of sp³-hybridized carbons (Fsp3) is 0.235. The molecule has 0 atom stereocenters. The lowest BCUT2D eigenvalue weighted by Crippen LogP contribution is -2.05. The first-order chi connectivity index (χ1) is 12.1. The van der Waals surface area contributed by atoms with Crippen LogP contribution in [0.15, 0.2) is 40.9 Å². The predicted molar refractivity (Wildman–Crippen MR) is 96.1 cm³/mol. The van der Waals surface area contributed by atoms with E-state index in [2.05, 4.69) is 10.2 Å². The average Bonchev–Trinajstić information content (AvgIpc) is 3.24.